The summed E-state index contributed by atoms with van der Waals surface area (Å²) < 4.78 is 30.1. The number of benzene rings is 2. The van der Waals surface area contributed by atoms with E-state index in [1.165, 1.54) is 0 Å². The van der Waals surface area contributed by atoms with Gasteiger partial charge in [-0.2, -0.15) is 5.10 Å². The zero-order valence-corrected chi connectivity index (χ0v) is 18.6. The number of anilines is 1. The van der Waals surface area contributed by atoms with Gasteiger partial charge >= 0.3 is 0 Å². The number of sulfonamides is 1. The Kier molecular flexibility index (Phi) is 6.80. The first-order chi connectivity index (χ1) is 13.4. The van der Waals surface area contributed by atoms with E-state index in [1.807, 2.05) is 36.4 Å². The molecule has 0 amide bonds. The van der Waals surface area contributed by atoms with Crippen molar-refractivity contribution in [2.24, 2.45) is 0 Å². The molecule has 0 spiro atoms. The van der Waals surface area contributed by atoms with Gasteiger partial charge in [0.15, 0.2) is 5.82 Å². The number of aryl methyl sites for hydroxylation is 1. The third kappa shape index (κ3) is 5.16. The standard InChI is InChI=1S/C20H21BrClN3O2S/c1-2-3-6-15-9-11-17(12-10-15)28(26,27)24-20-18(21)14-25(23-20)13-16-7-4-5-8-19(16)22/h4-5,7-12,14H,2-3,6,13H2,1H3,(H,23,24). The number of rotatable bonds is 8. The molecule has 0 radical (unpaired) electrons. The van der Waals surface area contributed by atoms with Crippen molar-refractivity contribution in [1.82, 2.24) is 9.78 Å². The molecule has 1 aromatic heterocycles. The van der Waals surface area contributed by atoms with Crippen molar-refractivity contribution in [2.45, 2.75) is 37.6 Å². The van der Waals surface area contributed by atoms with Crippen LogP contribution in [0.3, 0.4) is 0 Å². The summed E-state index contributed by atoms with van der Waals surface area (Å²) in [5.74, 6) is 0.238. The molecule has 5 nitrogen and oxygen atoms in total. The van der Waals surface area contributed by atoms with Gasteiger partial charge < -0.3 is 0 Å². The van der Waals surface area contributed by atoms with Crippen molar-refractivity contribution in [3.63, 3.8) is 0 Å². The zero-order valence-electron chi connectivity index (χ0n) is 15.4. The Morgan fingerprint density at radius 1 is 1.14 bits per heavy atom. The average Bonchev–Trinajstić information content (AvgIpc) is 3.00. The number of nitrogens with zero attached hydrogens (tertiary/aromatic N) is 2. The lowest BCUT2D eigenvalue weighted by atomic mass is 10.1. The molecule has 28 heavy (non-hydrogen) atoms. The third-order valence-electron chi connectivity index (χ3n) is 4.29. The lowest BCUT2D eigenvalue weighted by molar-refractivity contribution is 0.600. The molecule has 3 rings (SSSR count). The van der Waals surface area contributed by atoms with Gasteiger partial charge in [0, 0.05) is 11.2 Å². The first-order valence-electron chi connectivity index (χ1n) is 8.97. The van der Waals surface area contributed by atoms with E-state index in [0.29, 0.717) is 16.0 Å². The van der Waals surface area contributed by atoms with Crippen LogP contribution in [0.2, 0.25) is 5.02 Å². The molecule has 0 unspecified atom stereocenters. The summed E-state index contributed by atoms with van der Waals surface area (Å²) in [6.07, 6.45) is 4.85. The third-order valence-corrected chi connectivity index (χ3v) is 6.59. The number of halogens is 2. The summed E-state index contributed by atoms with van der Waals surface area (Å²) in [5.41, 5.74) is 2.03. The second-order valence-electron chi connectivity index (χ2n) is 6.47. The molecule has 0 saturated carbocycles. The molecule has 148 valence electrons. The van der Waals surface area contributed by atoms with Crippen molar-refractivity contribution in [3.05, 3.63) is 75.4 Å². The molecule has 8 heteroatoms. The Bertz CT molecular complexity index is 1050. The Morgan fingerprint density at radius 2 is 1.86 bits per heavy atom. The van der Waals surface area contributed by atoms with Gasteiger partial charge in [0.05, 0.1) is 15.9 Å². The topological polar surface area (TPSA) is 64.0 Å². The number of nitrogens with one attached hydrogen (secondary N) is 1. The van der Waals surface area contributed by atoms with Gasteiger partial charge in [-0.05, 0) is 58.1 Å². The predicted octanol–water partition coefficient (Wildman–Crippen LogP) is 5.49. The van der Waals surface area contributed by atoms with E-state index in [-0.39, 0.29) is 10.7 Å². The summed E-state index contributed by atoms with van der Waals surface area (Å²) in [6, 6.07) is 14.4. The Balaban J connectivity index is 1.75. The number of hydrogen-bond acceptors (Lipinski definition) is 3. The molecule has 0 aliphatic carbocycles. The molecule has 2 aromatic carbocycles. The second-order valence-corrected chi connectivity index (χ2v) is 9.41. The monoisotopic (exact) mass is 481 g/mol. The Hall–Kier alpha value is -1.83. The molecule has 0 fully saturated rings. The largest absolute Gasteiger partial charge is 0.265 e. The highest BCUT2D eigenvalue weighted by atomic mass is 79.9. The van der Waals surface area contributed by atoms with Crippen LogP contribution in [0.4, 0.5) is 5.82 Å². The smallest absolute Gasteiger partial charge is 0.263 e. The Labute approximate surface area is 178 Å². The minimum Gasteiger partial charge on any atom is -0.265 e. The average molecular weight is 483 g/mol. The van der Waals surface area contributed by atoms with Crippen LogP contribution in [0.15, 0.2) is 64.1 Å². The van der Waals surface area contributed by atoms with Gasteiger partial charge in [-0.15, -0.1) is 0 Å². The summed E-state index contributed by atoms with van der Waals surface area (Å²) in [7, 11) is -3.72. The maximum atomic E-state index is 12.7. The molecule has 0 saturated heterocycles. The van der Waals surface area contributed by atoms with Crippen LogP contribution in [0.5, 0.6) is 0 Å². The van der Waals surface area contributed by atoms with E-state index in [9.17, 15) is 8.42 Å². The normalized spacial score (nSPS) is 11.5. The molecule has 0 bridgehead atoms. The van der Waals surface area contributed by atoms with Crippen molar-refractivity contribution in [2.75, 3.05) is 4.72 Å². The van der Waals surface area contributed by atoms with Gasteiger partial charge in [-0.1, -0.05) is 55.3 Å². The second kappa shape index (κ2) is 9.11. The van der Waals surface area contributed by atoms with Gasteiger partial charge in [-0.25, -0.2) is 8.42 Å². The van der Waals surface area contributed by atoms with Gasteiger partial charge in [0.2, 0.25) is 0 Å². The summed E-state index contributed by atoms with van der Waals surface area (Å²) in [5, 5.41) is 4.97. The first-order valence-corrected chi connectivity index (χ1v) is 11.6. The van der Waals surface area contributed by atoms with Crippen LogP contribution in [0.25, 0.3) is 0 Å². The summed E-state index contributed by atoms with van der Waals surface area (Å²) in [6.45, 7) is 2.57. The van der Waals surface area contributed by atoms with Crippen molar-refractivity contribution in [3.8, 4) is 0 Å². The van der Waals surface area contributed by atoms with Crippen molar-refractivity contribution < 1.29 is 8.42 Å². The minimum absolute atomic E-state index is 0.209. The van der Waals surface area contributed by atoms with Gasteiger partial charge in [0.25, 0.3) is 10.0 Å². The number of aromatic nitrogens is 2. The van der Waals surface area contributed by atoms with Gasteiger partial charge in [0.1, 0.15) is 0 Å². The van der Waals surface area contributed by atoms with E-state index >= 15 is 0 Å². The van der Waals surface area contributed by atoms with Crippen LogP contribution in [-0.2, 0) is 23.0 Å². The molecular formula is C20H21BrClN3O2S. The van der Waals surface area contributed by atoms with E-state index in [0.717, 1.165) is 30.4 Å². The van der Waals surface area contributed by atoms with Crippen LogP contribution in [-0.4, -0.2) is 18.2 Å². The van der Waals surface area contributed by atoms with Crippen LogP contribution in [0, 0.1) is 0 Å². The lowest BCUT2D eigenvalue weighted by Crippen LogP contribution is -2.14. The van der Waals surface area contributed by atoms with Crippen LogP contribution >= 0.6 is 27.5 Å². The quantitative estimate of drug-likeness (QED) is 0.462. The molecule has 3 aromatic rings. The molecule has 1 N–H and O–H groups in total. The Morgan fingerprint density at radius 3 is 2.54 bits per heavy atom. The SMILES string of the molecule is CCCCc1ccc(S(=O)(=O)Nc2nn(Cc3ccccc3Cl)cc2Br)cc1. The fourth-order valence-corrected chi connectivity index (χ4v) is 4.51. The summed E-state index contributed by atoms with van der Waals surface area (Å²) in [4.78, 5) is 0.209. The molecule has 0 aliphatic heterocycles. The van der Waals surface area contributed by atoms with Crippen molar-refractivity contribution in [1.29, 1.82) is 0 Å². The maximum absolute atomic E-state index is 12.7. The first kappa shape index (κ1) is 20.9. The fraction of sp³-hybridized carbons (Fsp3) is 0.250. The fourth-order valence-electron chi connectivity index (χ4n) is 2.75. The van der Waals surface area contributed by atoms with E-state index in [2.05, 4.69) is 32.7 Å². The highest BCUT2D eigenvalue weighted by Crippen LogP contribution is 2.25. The molecule has 0 atom stereocenters. The van der Waals surface area contributed by atoms with E-state index < -0.39 is 10.0 Å². The van der Waals surface area contributed by atoms with Crippen LogP contribution < -0.4 is 4.72 Å². The van der Waals surface area contributed by atoms with Crippen LogP contribution in [0.1, 0.15) is 30.9 Å². The molecule has 0 aliphatic rings. The lowest BCUT2D eigenvalue weighted by Gasteiger charge is -2.07. The molecule has 1 heterocycles. The van der Waals surface area contributed by atoms with Gasteiger partial charge in [-0.3, -0.25) is 9.40 Å². The van der Waals surface area contributed by atoms with E-state index in [1.54, 1.807) is 23.0 Å². The predicted molar refractivity (Wildman–Crippen MR) is 116 cm³/mol. The summed E-state index contributed by atoms with van der Waals surface area (Å²) >= 11 is 9.56. The molecular weight excluding hydrogens is 462 g/mol. The highest BCUT2D eigenvalue weighted by molar-refractivity contribution is 9.10. The van der Waals surface area contributed by atoms with E-state index in [4.69, 9.17) is 11.6 Å². The van der Waals surface area contributed by atoms with Crippen molar-refractivity contribution >= 4 is 43.4 Å². The number of hydrogen-bond donors (Lipinski definition) is 1. The highest BCUT2D eigenvalue weighted by Gasteiger charge is 2.18. The number of unbranched alkanes of at least 4 members (excludes halogenated alkanes) is 1. The maximum Gasteiger partial charge on any atom is 0.263 e. The minimum atomic E-state index is -3.72. The zero-order chi connectivity index (χ0) is 20.1.